The lowest BCUT2D eigenvalue weighted by Crippen LogP contribution is -2.54. The van der Waals surface area contributed by atoms with E-state index in [2.05, 4.69) is 20.9 Å². The first kappa shape index (κ1) is 46.6. The molecule has 3 aliphatic heterocycles. The van der Waals surface area contributed by atoms with Crippen molar-refractivity contribution in [2.24, 2.45) is 11.8 Å². The summed E-state index contributed by atoms with van der Waals surface area (Å²) in [5, 5.41) is 9.70. The SMILES string of the molecule is C[C@@H](C(=O)Nc1ccc(Cl)c(OC2CCN(C(=O)CCOCCOCCNc3cccc4c3C(=O)N(C3CCC(=O)NC3=O)C4=O)CC2)c1)[C@H]1CC[C@@H](c2ccnc3ccc(F)cc32)CC1. The highest BCUT2D eigenvalue weighted by Crippen LogP contribution is 2.41. The fraction of sp³-hybridized carbons (Fsp3) is 0.449. The number of nitrogens with one attached hydrogen (secondary N) is 3. The summed E-state index contributed by atoms with van der Waals surface area (Å²) in [6.45, 7) is 4.46. The zero-order chi connectivity index (χ0) is 46.3. The highest BCUT2D eigenvalue weighted by molar-refractivity contribution is 6.32. The Morgan fingerprint density at radius 2 is 1.67 bits per heavy atom. The molecule has 1 aliphatic carbocycles. The van der Waals surface area contributed by atoms with Crippen molar-refractivity contribution < 1.29 is 47.4 Å². The van der Waals surface area contributed by atoms with Crippen molar-refractivity contribution in [3.63, 3.8) is 0 Å². The maximum absolute atomic E-state index is 14.1. The predicted molar refractivity (Wildman–Crippen MR) is 244 cm³/mol. The number of hydrogen-bond acceptors (Lipinski definition) is 11. The standard InChI is InChI=1S/C49H54ClFN6O9/c1-29(30-5-7-31(8-6-30)35-15-19-52-39-12-9-32(51)27-37(35)39)46(60)54-33-10-11-38(50)42(28-33)66-34-16-21-56(22-17-34)44(59)18-23-64-25-26-65-24-20-53-40-4-2-3-36-45(40)49(63)57(48(36)62)41-13-14-43(58)55-47(41)61/h2-4,9-12,15,19,27-31,34,41,53H,5-8,13-14,16-18,20-26H2,1H3,(H,54,60)(H,55,58,61)/t29-,30-,31+,41?/m1/s1. The van der Waals surface area contributed by atoms with E-state index in [1.807, 2.05) is 13.0 Å². The zero-order valence-corrected chi connectivity index (χ0v) is 37.6. The van der Waals surface area contributed by atoms with Crippen molar-refractivity contribution >= 4 is 69.3 Å². The van der Waals surface area contributed by atoms with Crippen LogP contribution in [0.15, 0.2) is 66.9 Å². The molecule has 4 aliphatic rings. The number of fused-ring (bicyclic) bond motifs is 2. The van der Waals surface area contributed by atoms with Gasteiger partial charge < -0.3 is 29.7 Å². The summed E-state index contributed by atoms with van der Waals surface area (Å²) >= 11 is 6.54. The number of carbonyl (C=O) groups is 6. The Labute approximate surface area is 387 Å². The third kappa shape index (κ3) is 10.7. The molecule has 0 bridgehead atoms. The summed E-state index contributed by atoms with van der Waals surface area (Å²) in [6, 6.07) is 15.8. The average molecular weight is 925 g/mol. The number of carbonyl (C=O) groups excluding carboxylic acids is 6. The van der Waals surface area contributed by atoms with Gasteiger partial charge in [0, 0.05) is 73.8 Å². The Hall–Kier alpha value is -5.97. The van der Waals surface area contributed by atoms with Gasteiger partial charge >= 0.3 is 0 Å². The van der Waals surface area contributed by atoms with Crippen LogP contribution in [0.5, 0.6) is 5.75 Å². The number of rotatable bonds is 17. The second-order valence-electron chi connectivity index (χ2n) is 17.4. The third-order valence-electron chi connectivity index (χ3n) is 13.2. The van der Waals surface area contributed by atoms with Crippen LogP contribution >= 0.6 is 11.6 Å². The topological polar surface area (TPSA) is 186 Å². The lowest BCUT2D eigenvalue weighted by molar-refractivity contribution is -0.136. The van der Waals surface area contributed by atoms with Gasteiger partial charge in [0.2, 0.25) is 23.6 Å². The first-order chi connectivity index (χ1) is 31.9. The van der Waals surface area contributed by atoms with Gasteiger partial charge in [-0.2, -0.15) is 0 Å². The number of ether oxygens (including phenoxy) is 3. The maximum Gasteiger partial charge on any atom is 0.264 e. The summed E-state index contributed by atoms with van der Waals surface area (Å²) in [7, 11) is 0. The van der Waals surface area contributed by atoms with Gasteiger partial charge in [-0.1, -0.05) is 24.6 Å². The Morgan fingerprint density at radius 3 is 2.44 bits per heavy atom. The summed E-state index contributed by atoms with van der Waals surface area (Å²) < 4.78 is 31.7. The zero-order valence-electron chi connectivity index (χ0n) is 36.8. The number of imide groups is 2. The number of likely N-dealkylation sites (tertiary alicyclic amines) is 1. The highest BCUT2D eigenvalue weighted by Gasteiger charge is 2.45. The quantitative estimate of drug-likeness (QED) is 0.0741. The Bertz CT molecular complexity index is 2490. The number of halogens is 2. The largest absolute Gasteiger partial charge is 0.489 e. The molecule has 6 amide bonds. The van der Waals surface area contributed by atoms with Gasteiger partial charge in [0.05, 0.1) is 54.5 Å². The van der Waals surface area contributed by atoms with Gasteiger partial charge in [0.1, 0.15) is 23.7 Å². The molecule has 8 rings (SSSR count). The normalized spacial score (nSPS) is 20.6. The lowest BCUT2D eigenvalue weighted by Gasteiger charge is -2.33. The number of nitrogens with zero attached hydrogens (tertiary/aromatic N) is 3. The fourth-order valence-corrected chi connectivity index (χ4v) is 9.69. The molecule has 3 fully saturated rings. The molecule has 1 unspecified atom stereocenters. The Balaban J connectivity index is 0.698. The van der Waals surface area contributed by atoms with Gasteiger partial charge in [0.25, 0.3) is 11.8 Å². The first-order valence-electron chi connectivity index (χ1n) is 22.8. The number of anilines is 2. The molecule has 15 nitrogen and oxygen atoms in total. The molecule has 2 saturated heterocycles. The van der Waals surface area contributed by atoms with Crippen LogP contribution in [0.25, 0.3) is 10.9 Å². The van der Waals surface area contributed by atoms with Crippen LogP contribution in [0.4, 0.5) is 15.8 Å². The first-order valence-corrected chi connectivity index (χ1v) is 23.2. The van der Waals surface area contributed by atoms with E-state index < -0.39 is 29.7 Å². The minimum Gasteiger partial charge on any atom is -0.489 e. The van der Waals surface area contributed by atoms with Crippen molar-refractivity contribution in [2.45, 2.75) is 82.8 Å². The fourth-order valence-electron chi connectivity index (χ4n) is 9.53. The summed E-state index contributed by atoms with van der Waals surface area (Å²) in [5.74, 6) is -1.80. The number of pyridine rings is 1. The molecule has 66 heavy (non-hydrogen) atoms. The van der Waals surface area contributed by atoms with Crippen LogP contribution in [-0.2, 0) is 28.7 Å². The van der Waals surface area contributed by atoms with Crippen LogP contribution in [0.1, 0.15) is 96.9 Å². The highest BCUT2D eigenvalue weighted by atomic mass is 35.5. The maximum atomic E-state index is 14.1. The van der Waals surface area contributed by atoms with Gasteiger partial charge in [0.15, 0.2) is 0 Å². The van der Waals surface area contributed by atoms with Crippen LogP contribution in [0.3, 0.4) is 0 Å². The molecule has 1 saturated carbocycles. The number of amides is 6. The molecular formula is C49H54ClFN6O9. The molecule has 4 aromatic rings. The number of hydrogen-bond donors (Lipinski definition) is 3. The van der Waals surface area contributed by atoms with Gasteiger partial charge in [-0.3, -0.25) is 44.0 Å². The van der Waals surface area contributed by atoms with E-state index in [0.29, 0.717) is 60.5 Å². The number of benzene rings is 3. The van der Waals surface area contributed by atoms with Crippen molar-refractivity contribution in [2.75, 3.05) is 56.7 Å². The van der Waals surface area contributed by atoms with Crippen LogP contribution < -0.4 is 20.7 Å². The van der Waals surface area contributed by atoms with E-state index in [9.17, 15) is 33.2 Å². The second-order valence-corrected chi connectivity index (χ2v) is 17.8. The third-order valence-corrected chi connectivity index (χ3v) is 13.5. The molecule has 3 N–H and O–H groups in total. The molecule has 17 heteroatoms. The Morgan fingerprint density at radius 1 is 0.894 bits per heavy atom. The molecular weight excluding hydrogens is 871 g/mol. The van der Waals surface area contributed by atoms with Crippen molar-refractivity contribution in [1.82, 2.24) is 20.1 Å². The summed E-state index contributed by atoms with van der Waals surface area (Å²) in [5.41, 5.74) is 3.34. The molecule has 0 radical (unpaired) electrons. The Kier molecular flexibility index (Phi) is 14.9. The molecule has 2 atom stereocenters. The molecule has 4 heterocycles. The average Bonchev–Trinajstić information content (AvgIpc) is 3.57. The van der Waals surface area contributed by atoms with E-state index in [1.54, 1.807) is 53.6 Å². The smallest absolute Gasteiger partial charge is 0.264 e. The van der Waals surface area contributed by atoms with Crippen molar-refractivity contribution in [1.29, 1.82) is 0 Å². The summed E-state index contributed by atoms with van der Waals surface area (Å²) in [4.78, 5) is 83.9. The second kappa shape index (κ2) is 21.1. The number of aromatic nitrogens is 1. The van der Waals surface area contributed by atoms with E-state index >= 15 is 0 Å². The minimum absolute atomic E-state index is 0.00948. The van der Waals surface area contributed by atoms with Crippen LogP contribution in [0, 0.1) is 17.7 Å². The molecule has 3 aromatic carbocycles. The van der Waals surface area contributed by atoms with Crippen LogP contribution in [-0.4, -0.2) is 108 Å². The molecule has 1 aromatic heterocycles. The van der Waals surface area contributed by atoms with Gasteiger partial charge in [-0.15, -0.1) is 0 Å². The van der Waals surface area contributed by atoms with Crippen LogP contribution in [0.2, 0.25) is 5.02 Å². The monoisotopic (exact) mass is 924 g/mol. The molecule has 0 spiro atoms. The van der Waals surface area contributed by atoms with Gasteiger partial charge in [-0.05, 0) is 98.0 Å². The lowest BCUT2D eigenvalue weighted by atomic mass is 9.73. The van der Waals surface area contributed by atoms with Gasteiger partial charge in [-0.25, -0.2) is 4.39 Å². The predicted octanol–water partition coefficient (Wildman–Crippen LogP) is 6.88. The van der Waals surface area contributed by atoms with E-state index in [-0.39, 0.29) is 92.4 Å². The van der Waals surface area contributed by atoms with Crippen molar-refractivity contribution in [3.05, 3.63) is 94.4 Å². The minimum atomic E-state index is -1.04. The van der Waals surface area contributed by atoms with E-state index in [0.717, 1.165) is 47.0 Å². The van der Waals surface area contributed by atoms with Crippen molar-refractivity contribution in [3.8, 4) is 5.75 Å². The molecule has 348 valence electrons. The van der Waals surface area contributed by atoms with E-state index in [4.69, 9.17) is 25.8 Å². The number of piperidine rings is 2. The van der Waals surface area contributed by atoms with E-state index in [1.165, 1.54) is 12.1 Å². The summed E-state index contributed by atoms with van der Waals surface area (Å²) in [6.07, 6.45) is 6.86.